The zero-order valence-corrected chi connectivity index (χ0v) is 13.3. The zero-order valence-electron chi connectivity index (χ0n) is 10.9. The number of aromatic nitrogens is 2. The SMILES string of the molecule is CCNC(=O)CCn1c(CCl)nc2cc(F)c(Br)cc21. The van der Waals surface area contributed by atoms with Gasteiger partial charge in [-0.25, -0.2) is 9.37 Å². The van der Waals surface area contributed by atoms with Crippen molar-refractivity contribution >= 4 is 44.5 Å². The molecule has 0 bridgehead atoms. The summed E-state index contributed by atoms with van der Waals surface area (Å²) in [5.74, 6) is 0.440. The van der Waals surface area contributed by atoms with Crippen LogP contribution in [-0.4, -0.2) is 22.0 Å². The quantitative estimate of drug-likeness (QED) is 0.830. The third-order valence-electron chi connectivity index (χ3n) is 2.93. The first kappa shape index (κ1) is 15.3. The Morgan fingerprint density at radius 3 is 2.95 bits per heavy atom. The molecule has 7 heteroatoms. The second-order valence-corrected chi connectivity index (χ2v) is 5.39. The van der Waals surface area contributed by atoms with Gasteiger partial charge in [0.15, 0.2) is 0 Å². The number of nitrogens with zero attached hydrogens (tertiary/aromatic N) is 2. The van der Waals surface area contributed by atoms with E-state index in [-0.39, 0.29) is 17.6 Å². The van der Waals surface area contributed by atoms with Crippen LogP contribution in [0.25, 0.3) is 11.0 Å². The maximum Gasteiger partial charge on any atom is 0.221 e. The van der Waals surface area contributed by atoms with Gasteiger partial charge in [-0.05, 0) is 28.9 Å². The first-order valence-electron chi connectivity index (χ1n) is 6.23. The third-order valence-corrected chi connectivity index (χ3v) is 3.77. The minimum absolute atomic E-state index is 0.0314. The lowest BCUT2D eigenvalue weighted by Crippen LogP contribution is -2.24. The number of carbonyl (C=O) groups excluding carboxylic acids is 1. The predicted octanol–water partition coefficient (Wildman–Crippen LogP) is 3.20. The van der Waals surface area contributed by atoms with E-state index in [0.29, 0.717) is 35.3 Å². The minimum atomic E-state index is -0.369. The number of carbonyl (C=O) groups is 1. The summed E-state index contributed by atoms with van der Waals surface area (Å²) >= 11 is 9.03. The molecule has 108 valence electrons. The molecule has 2 aromatic rings. The van der Waals surface area contributed by atoms with Crippen molar-refractivity contribution in [1.82, 2.24) is 14.9 Å². The molecule has 1 aromatic carbocycles. The van der Waals surface area contributed by atoms with Crippen LogP contribution in [0, 0.1) is 5.82 Å². The second-order valence-electron chi connectivity index (χ2n) is 4.27. The molecule has 0 aliphatic carbocycles. The van der Waals surface area contributed by atoms with E-state index in [1.807, 2.05) is 11.5 Å². The fourth-order valence-electron chi connectivity index (χ4n) is 2.02. The number of halogens is 3. The molecular weight excluding hydrogens is 349 g/mol. The minimum Gasteiger partial charge on any atom is -0.356 e. The van der Waals surface area contributed by atoms with E-state index in [9.17, 15) is 9.18 Å². The topological polar surface area (TPSA) is 46.9 Å². The van der Waals surface area contributed by atoms with Crippen LogP contribution in [0.5, 0.6) is 0 Å². The number of alkyl halides is 1. The van der Waals surface area contributed by atoms with Crippen LogP contribution in [-0.2, 0) is 17.2 Å². The van der Waals surface area contributed by atoms with Gasteiger partial charge < -0.3 is 9.88 Å². The number of rotatable bonds is 5. The highest BCUT2D eigenvalue weighted by Gasteiger charge is 2.13. The van der Waals surface area contributed by atoms with Crippen LogP contribution in [0.4, 0.5) is 4.39 Å². The summed E-state index contributed by atoms with van der Waals surface area (Å²) in [5.41, 5.74) is 1.30. The molecule has 0 saturated heterocycles. The lowest BCUT2D eigenvalue weighted by molar-refractivity contribution is -0.121. The van der Waals surface area contributed by atoms with Gasteiger partial charge in [0.05, 0.1) is 21.4 Å². The van der Waals surface area contributed by atoms with Crippen molar-refractivity contribution in [3.63, 3.8) is 0 Å². The summed E-state index contributed by atoms with van der Waals surface area (Å²) in [5, 5.41) is 2.74. The summed E-state index contributed by atoms with van der Waals surface area (Å²) in [7, 11) is 0. The molecule has 4 nitrogen and oxygen atoms in total. The molecule has 0 aliphatic heterocycles. The molecule has 1 aromatic heterocycles. The second kappa shape index (κ2) is 6.54. The van der Waals surface area contributed by atoms with E-state index in [1.54, 1.807) is 6.07 Å². The molecule has 1 N–H and O–H groups in total. The molecule has 0 radical (unpaired) electrons. The Labute approximate surface area is 129 Å². The fourth-order valence-corrected chi connectivity index (χ4v) is 2.56. The van der Waals surface area contributed by atoms with Crippen LogP contribution >= 0.6 is 27.5 Å². The highest BCUT2D eigenvalue weighted by atomic mass is 79.9. The standard InChI is InChI=1S/C13H14BrClFN3O/c1-2-17-13(20)3-4-19-11-5-8(14)9(16)6-10(11)18-12(19)7-15/h5-6H,2-4,7H2,1H3,(H,17,20). The number of hydrogen-bond donors (Lipinski definition) is 1. The van der Waals surface area contributed by atoms with Gasteiger partial charge in [0, 0.05) is 25.6 Å². The maximum absolute atomic E-state index is 13.5. The molecular formula is C13H14BrClFN3O. The van der Waals surface area contributed by atoms with Crippen LogP contribution < -0.4 is 5.32 Å². The van der Waals surface area contributed by atoms with Crippen molar-refractivity contribution in [1.29, 1.82) is 0 Å². The average molecular weight is 363 g/mol. The molecule has 0 aliphatic rings. The number of amides is 1. The van der Waals surface area contributed by atoms with Crippen LogP contribution in [0.3, 0.4) is 0 Å². The van der Waals surface area contributed by atoms with E-state index in [4.69, 9.17) is 11.6 Å². The van der Waals surface area contributed by atoms with Gasteiger partial charge in [-0.1, -0.05) is 0 Å². The van der Waals surface area contributed by atoms with E-state index in [2.05, 4.69) is 26.2 Å². The summed E-state index contributed by atoms with van der Waals surface area (Å²) < 4.78 is 15.7. The highest BCUT2D eigenvalue weighted by Crippen LogP contribution is 2.25. The van der Waals surface area contributed by atoms with E-state index >= 15 is 0 Å². The van der Waals surface area contributed by atoms with E-state index in [1.165, 1.54) is 6.07 Å². The summed E-state index contributed by atoms with van der Waals surface area (Å²) in [4.78, 5) is 15.8. The fraction of sp³-hybridized carbons (Fsp3) is 0.385. The lowest BCUT2D eigenvalue weighted by Gasteiger charge is -2.08. The monoisotopic (exact) mass is 361 g/mol. The van der Waals surface area contributed by atoms with Crippen LogP contribution in [0.1, 0.15) is 19.2 Å². The Morgan fingerprint density at radius 2 is 2.30 bits per heavy atom. The Kier molecular flexibility index (Phi) is 4.99. The van der Waals surface area contributed by atoms with Gasteiger partial charge in [0.1, 0.15) is 11.6 Å². The first-order valence-corrected chi connectivity index (χ1v) is 7.56. The number of imidazole rings is 1. The van der Waals surface area contributed by atoms with E-state index < -0.39 is 0 Å². The molecule has 2 rings (SSSR count). The third kappa shape index (κ3) is 3.12. The molecule has 20 heavy (non-hydrogen) atoms. The van der Waals surface area contributed by atoms with E-state index in [0.717, 1.165) is 5.52 Å². The predicted molar refractivity (Wildman–Crippen MR) is 80.2 cm³/mol. The Hall–Kier alpha value is -1.14. The smallest absolute Gasteiger partial charge is 0.221 e. The molecule has 0 saturated carbocycles. The molecule has 0 spiro atoms. The van der Waals surface area contributed by atoms with Crippen LogP contribution in [0.15, 0.2) is 16.6 Å². The Bertz CT molecular complexity index is 644. The summed E-state index contributed by atoms with van der Waals surface area (Å²) in [6, 6.07) is 3.02. The van der Waals surface area contributed by atoms with Crippen molar-refractivity contribution in [2.45, 2.75) is 25.8 Å². The Morgan fingerprint density at radius 1 is 1.55 bits per heavy atom. The van der Waals surface area contributed by atoms with Crippen LogP contribution in [0.2, 0.25) is 0 Å². The van der Waals surface area contributed by atoms with Gasteiger partial charge >= 0.3 is 0 Å². The number of benzene rings is 1. The number of nitrogens with one attached hydrogen (secondary N) is 1. The average Bonchev–Trinajstić information content (AvgIpc) is 2.74. The van der Waals surface area contributed by atoms with Crippen molar-refractivity contribution in [3.8, 4) is 0 Å². The molecule has 0 unspecified atom stereocenters. The van der Waals surface area contributed by atoms with Gasteiger partial charge in [0.25, 0.3) is 0 Å². The zero-order chi connectivity index (χ0) is 14.7. The van der Waals surface area contributed by atoms with Crippen molar-refractivity contribution in [3.05, 3.63) is 28.2 Å². The maximum atomic E-state index is 13.5. The number of hydrogen-bond acceptors (Lipinski definition) is 2. The van der Waals surface area contributed by atoms with Crippen molar-refractivity contribution in [2.24, 2.45) is 0 Å². The largest absolute Gasteiger partial charge is 0.356 e. The summed E-state index contributed by atoms with van der Waals surface area (Å²) in [6.45, 7) is 2.93. The van der Waals surface area contributed by atoms with Crippen molar-refractivity contribution in [2.75, 3.05) is 6.54 Å². The number of fused-ring (bicyclic) bond motifs is 1. The summed E-state index contributed by atoms with van der Waals surface area (Å²) in [6.07, 6.45) is 0.332. The van der Waals surface area contributed by atoms with Gasteiger partial charge in [-0.15, -0.1) is 11.6 Å². The molecule has 0 atom stereocenters. The van der Waals surface area contributed by atoms with Crippen molar-refractivity contribution < 1.29 is 9.18 Å². The number of aryl methyl sites for hydroxylation is 1. The van der Waals surface area contributed by atoms with Gasteiger partial charge in [-0.2, -0.15) is 0 Å². The Balaban J connectivity index is 2.35. The van der Waals surface area contributed by atoms with Gasteiger partial charge in [0.2, 0.25) is 5.91 Å². The highest BCUT2D eigenvalue weighted by molar-refractivity contribution is 9.10. The lowest BCUT2D eigenvalue weighted by atomic mass is 10.3. The molecule has 0 fully saturated rings. The molecule has 1 amide bonds. The molecule has 1 heterocycles. The first-order chi connectivity index (χ1) is 9.56. The van der Waals surface area contributed by atoms with Gasteiger partial charge in [-0.3, -0.25) is 4.79 Å². The normalized spacial score (nSPS) is 11.0.